The zero-order chi connectivity index (χ0) is 17.3. The van der Waals surface area contributed by atoms with Gasteiger partial charge in [-0.3, -0.25) is 4.79 Å². The molecule has 24 heavy (non-hydrogen) atoms. The number of H-pyrrole nitrogens is 1. The van der Waals surface area contributed by atoms with Crippen LogP contribution < -0.4 is 4.74 Å². The Morgan fingerprint density at radius 3 is 2.92 bits per heavy atom. The fourth-order valence-corrected chi connectivity index (χ4v) is 2.95. The summed E-state index contributed by atoms with van der Waals surface area (Å²) in [7, 11) is 1.53. The van der Waals surface area contributed by atoms with Gasteiger partial charge in [-0.05, 0) is 18.6 Å². The van der Waals surface area contributed by atoms with Gasteiger partial charge < -0.3 is 14.6 Å². The van der Waals surface area contributed by atoms with Crippen molar-refractivity contribution >= 4 is 5.91 Å². The number of likely N-dealkylation sites (tertiary alicyclic amines) is 1. The molecular weight excluding hydrogens is 323 g/mol. The standard InChI is InChI=1S/C16H16F3N3O2/c1-24-14-12(3-2-5-20-14)10-4-6-22(9-10)15(23)11-7-13(21-8-11)16(17,18)19/h2-3,5,7-8,10,21H,4,6,9H2,1H3. The molecule has 1 amide bonds. The van der Waals surface area contributed by atoms with Crippen LogP contribution in [0.1, 0.15) is 34.0 Å². The number of nitrogens with one attached hydrogen (secondary N) is 1. The molecule has 1 fully saturated rings. The molecule has 0 radical (unpaired) electrons. The van der Waals surface area contributed by atoms with Crippen LogP contribution in [-0.4, -0.2) is 41.0 Å². The van der Waals surface area contributed by atoms with Gasteiger partial charge in [-0.1, -0.05) is 6.07 Å². The Kier molecular flexibility index (Phi) is 4.21. The Bertz CT molecular complexity index is 742. The molecule has 128 valence electrons. The van der Waals surface area contributed by atoms with E-state index in [0.717, 1.165) is 17.8 Å². The normalized spacial score (nSPS) is 18.0. The fraction of sp³-hybridized carbons (Fsp3) is 0.375. The molecule has 3 rings (SSSR count). The number of carbonyl (C=O) groups is 1. The summed E-state index contributed by atoms with van der Waals surface area (Å²) in [6, 6.07) is 4.53. The van der Waals surface area contributed by atoms with Gasteiger partial charge in [-0.25, -0.2) is 4.98 Å². The van der Waals surface area contributed by atoms with Gasteiger partial charge in [0.15, 0.2) is 0 Å². The van der Waals surface area contributed by atoms with Crippen molar-refractivity contribution in [1.29, 1.82) is 0 Å². The van der Waals surface area contributed by atoms with Crippen molar-refractivity contribution in [3.05, 3.63) is 47.4 Å². The minimum Gasteiger partial charge on any atom is -0.481 e. The van der Waals surface area contributed by atoms with Crippen LogP contribution in [0.25, 0.3) is 0 Å². The summed E-state index contributed by atoms with van der Waals surface area (Å²) in [5.74, 6) is 0.156. The van der Waals surface area contributed by atoms with E-state index in [4.69, 9.17) is 4.74 Å². The lowest BCUT2D eigenvalue weighted by molar-refractivity contribution is -0.140. The highest BCUT2D eigenvalue weighted by Crippen LogP contribution is 2.33. The molecule has 1 unspecified atom stereocenters. The first-order valence-corrected chi connectivity index (χ1v) is 7.44. The van der Waals surface area contributed by atoms with E-state index in [9.17, 15) is 18.0 Å². The van der Waals surface area contributed by atoms with Gasteiger partial charge in [0.05, 0.1) is 12.7 Å². The number of halogens is 3. The second-order valence-corrected chi connectivity index (χ2v) is 5.64. The molecule has 1 saturated heterocycles. The number of pyridine rings is 1. The molecule has 1 aliphatic rings. The van der Waals surface area contributed by atoms with E-state index in [2.05, 4.69) is 9.97 Å². The van der Waals surface area contributed by atoms with E-state index in [1.54, 1.807) is 17.2 Å². The van der Waals surface area contributed by atoms with E-state index in [0.29, 0.717) is 25.4 Å². The number of ether oxygens (including phenoxy) is 1. The van der Waals surface area contributed by atoms with Crippen LogP contribution in [0, 0.1) is 0 Å². The van der Waals surface area contributed by atoms with Gasteiger partial charge in [0, 0.05) is 37.0 Å². The van der Waals surface area contributed by atoms with Gasteiger partial charge in [0.2, 0.25) is 5.88 Å². The van der Waals surface area contributed by atoms with Crippen LogP contribution in [0.5, 0.6) is 5.88 Å². The molecular formula is C16H16F3N3O2. The maximum absolute atomic E-state index is 12.6. The predicted octanol–water partition coefficient (Wildman–Crippen LogP) is 3.07. The molecule has 0 aliphatic carbocycles. The van der Waals surface area contributed by atoms with E-state index >= 15 is 0 Å². The lowest BCUT2D eigenvalue weighted by Gasteiger charge is -2.17. The molecule has 3 heterocycles. The molecule has 0 spiro atoms. The highest BCUT2D eigenvalue weighted by molar-refractivity contribution is 5.94. The zero-order valence-electron chi connectivity index (χ0n) is 12.9. The predicted molar refractivity (Wildman–Crippen MR) is 79.8 cm³/mol. The van der Waals surface area contributed by atoms with Gasteiger partial charge in [-0.2, -0.15) is 13.2 Å². The van der Waals surface area contributed by atoms with Gasteiger partial charge in [-0.15, -0.1) is 0 Å². The van der Waals surface area contributed by atoms with Crippen molar-refractivity contribution in [2.75, 3.05) is 20.2 Å². The summed E-state index contributed by atoms with van der Waals surface area (Å²) in [5, 5.41) is 0. The molecule has 2 aromatic rings. The quantitative estimate of drug-likeness (QED) is 0.935. The zero-order valence-corrected chi connectivity index (χ0v) is 12.9. The van der Waals surface area contributed by atoms with Gasteiger partial charge >= 0.3 is 6.18 Å². The van der Waals surface area contributed by atoms with Crippen LogP contribution >= 0.6 is 0 Å². The number of rotatable bonds is 3. The van der Waals surface area contributed by atoms with Crippen LogP contribution in [0.15, 0.2) is 30.6 Å². The second-order valence-electron chi connectivity index (χ2n) is 5.64. The first-order chi connectivity index (χ1) is 11.4. The summed E-state index contributed by atoms with van der Waals surface area (Å²) in [6.07, 6.45) is -1.05. The number of carbonyl (C=O) groups excluding carboxylic acids is 1. The monoisotopic (exact) mass is 339 g/mol. The molecule has 0 saturated carbocycles. The fourth-order valence-electron chi connectivity index (χ4n) is 2.95. The molecule has 5 nitrogen and oxygen atoms in total. The Labute approximate surface area is 136 Å². The third kappa shape index (κ3) is 3.08. The van der Waals surface area contributed by atoms with Gasteiger partial charge in [0.1, 0.15) is 5.69 Å². The Morgan fingerprint density at radius 1 is 1.46 bits per heavy atom. The van der Waals surface area contributed by atoms with Crippen molar-refractivity contribution in [1.82, 2.24) is 14.9 Å². The van der Waals surface area contributed by atoms with Crippen LogP contribution in [0.4, 0.5) is 13.2 Å². The van der Waals surface area contributed by atoms with Crippen molar-refractivity contribution in [3.63, 3.8) is 0 Å². The van der Waals surface area contributed by atoms with E-state index < -0.39 is 17.8 Å². The highest BCUT2D eigenvalue weighted by atomic mass is 19.4. The third-order valence-corrected chi connectivity index (χ3v) is 4.14. The number of methoxy groups -OCH3 is 1. The lowest BCUT2D eigenvalue weighted by Crippen LogP contribution is -2.28. The SMILES string of the molecule is COc1ncccc1C1CCN(C(=O)c2c[nH]c(C(F)(F)F)c2)C1. The van der Waals surface area contributed by atoms with Crippen molar-refractivity contribution in [2.45, 2.75) is 18.5 Å². The molecule has 1 N–H and O–H groups in total. The van der Waals surface area contributed by atoms with Crippen LogP contribution in [0.2, 0.25) is 0 Å². The summed E-state index contributed by atoms with van der Waals surface area (Å²) < 4.78 is 43.1. The number of aromatic amines is 1. The number of alkyl halides is 3. The molecule has 8 heteroatoms. The lowest BCUT2D eigenvalue weighted by atomic mass is 10.00. The Morgan fingerprint density at radius 2 is 2.25 bits per heavy atom. The second kappa shape index (κ2) is 6.18. The summed E-state index contributed by atoms with van der Waals surface area (Å²) in [6.45, 7) is 0.904. The minimum atomic E-state index is -4.49. The highest BCUT2D eigenvalue weighted by Gasteiger charge is 2.35. The summed E-state index contributed by atoms with van der Waals surface area (Å²) in [4.78, 5) is 20.2. The largest absolute Gasteiger partial charge is 0.481 e. The van der Waals surface area contributed by atoms with E-state index in [1.165, 1.54) is 7.11 Å². The van der Waals surface area contributed by atoms with Crippen molar-refractivity contribution < 1.29 is 22.7 Å². The third-order valence-electron chi connectivity index (χ3n) is 4.14. The average Bonchev–Trinajstić information content (AvgIpc) is 3.23. The minimum absolute atomic E-state index is 0.0149. The van der Waals surface area contributed by atoms with Crippen LogP contribution in [-0.2, 0) is 6.18 Å². The first kappa shape index (κ1) is 16.4. The first-order valence-electron chi connectivity index (χ1n) is 7.44. The maximum atomic E-state index is 12.6. The summed E-state index contributed by atoms with van der Waals surface area (Å²) >= 11 is 0. The average molecular weight is 339 g/mol. The van der Waals surface area contributed by atoms with E-state index in [1.807, 2.05) is 6.07 Å². The number of aromatic nitrogens is 2. The number of hydrogen-bond donors (Lipinski definition) is 1. The molecule has 0 bridgehead atoms. The number of hydrogen-bond acceptors (Lipinski definition) is 3. The topological polar surface area (TPSA) is 58.2 Å². The number of nitrogens with zero attached hydrogens (tertiary/aromatic N) is 2. The van der Waals surface area contributed by atoms with Crippen LogP contribution in [0.3, 0.4) is 0 Å². The molecule has 2 aromatic heterocycles. The van der Waals surface area contributed by atoms with E-state index in [-0.39, 0.29) is 11.5 Å². The summed E-state index contributed by atoms with van der Waals surface area (Å²) in [5.41, 5.74) is -0.00278. The maximum Gasteiger partial charge on any atom is 0.431 e. The molecule has 0 aromatic carbocycles. The Hall–Kier alpha value is -2.51. The van der Waals surface area contributed by atoms with Crippen molar-refractivity contribution in [2.24, 2.45) is 0 Å². The van der Waals surface area contributed by atoms with Gasteiger partial charge in [0.25, 0.3) is 5.91 Å². The molecule has 1 aliphatic heterocycles. The Balaban J connectivity index is 1.73. The van der Waals surface area contributed by atoms with Crippen molar-refractivity contribution in [3.8, 4) is 5.88 Å². The number of amides is 1. The smallest absolute Gasteiger partial charge is 0.431 e. The molecule has 1 atom stereocenters.